The van der Waals surface area contributed by atoms with E-state index in [0.717, 1.165) is 0 Å². The summed E-state index contributed by atoms with van der Waals surface area (Å²) in [7, 11) is 1.26. The Kier molecular flexibility index (Phi) is 13.6. The molecule has 242 valence electrons. The van der Waals surface area contributed by atoms with Crippen LogP contribution < -0.4 is 14.8 Å². The van der Waals surface area contributed by atoms with E-state index < -0.39 is 57.2 Å². The first-order valence-corrected chi connectivity index (χ1v) is 16.5. The Labute approximate surface area is 296 Å². The van der Waals surface area contributed by atoms with Crippen molar-refractivity contribution in [2.24, 2.45) is 10.8 Å². The van der Waals surface area contributed by atoms with Gasteiger partial charge in [0.1, 0.15) is 29.4 Å². The van der Waals surface area contributed by atoms with Crippen LogP contribution in [0.2, 0.25) is 20.1 Å². The molecule has 0 aliphatic rings. The highest BCUT2D eigenvalue weighted by Crippen LogP contribution is 2.54. The standard InChI is InChI=1S/C28H28Br2Cl5NO8/c1-25(2,14-41-22(38)13-31)23(39)27(30,42-19-8-6-15(32)10-17(19)34)28(44-24(40)36-5,26(3,4)21(37)12-29)43-20-9-7-16(33)11-18(20)35/h6-11H,12-14H2,1-5H3,(H,36,40). The highest BCUT2D eigenvalue weighted by molar-refractivity contribution is 9.10. The number of ether oxygens (including phenoxy) is 4. The largest absolute Gasteiger partial charge is 0.464 e. The summed E-state index contributed by atoms with van der Waals surface area (Å²) < 4.78 is 21.2. The lowest BCUT2D eigenvalue weighted by Crippen LogP contribution is -2.74. The van der Waals surface area contributed by atoms with Crippen LogP contribution in [0.15, 0.2) is 36.4 Å². The van der Waals surface area contributed by atoms with Crippen molar-refractivity contribution in [3.63, 3.8) is 0 Å². The molecule has 2 aromatic rings. The van der Waals surface area contributed by atoms with E-state index in [-0.39, 0.29) is 36.9 Å². The van der Waals surface area contributed by atoms with Crippen LogP contribution in [0, 0.1) is 10.8 Å². The van der Waals surface area contributed by atoms with E-state index in [1.54, 1.807) is 0 Å². The van der Waals surface area contributed by atoms with E-state index >= 15 is 0 Å². The SMILES string of the molecule is CNC(=O)OC(Oc1ccc(Cl)cc1Cl)(C(C)(C)C(=O)CBr)C(Br)(Oc1ccc(Cl)cc1Cl)C(=O)C(C)(C)COC(=O)CCl. The summed E-state index contributed by atoms with van der Waals surface area (Å²) in [4.78, 5) is 53.7. The lowest BCUT2D eigenvalue weighted by atomic mass is 9.71. The number of carbonyl (C=O) groups is 4. The quantitative estimate of drug-likeness (QED) is 0.115. The van der Waals surface area contributed by atoms with E-state index in [0.29, 0.717) is 0 Å². The molecule has 16 heteroatoms. The predicted octanol–water partition coefficient (Wildman–Crippen LogP) is 8.27. The smallest absolute Gasteiger partial charge is 0.410 e. The minimum Gasteiger partial charge on any atom is -0.464 e. The first-order chi connectivity index (χ1) is 20.3. The van der Waals surface area contributed by atoms with Gasteiger partial charge in [-0.25, -0.2) is 4.79 Å². The molecule has 9 nitrogen and oxygen atoms in total. The van der Waals surface area contributed by atoms with Crippen LogP contribution in [0.4, 0.5) is 4.79 Å². The monoisotopic (exact) mass is 839 g/mol. The number of halogens is 7. The third kappa shape index (κ3) is 8.27. The number of hydrogen-bond acceptors (Lipinski definition) is 8. The molecule has 0 spiro atoms. The molecular weight excluding hydrogens is 815 g/mol. The summed E-state index contributed by atoms with van der Waals surface area (Å²) in [6, 6.07) is 8.25. The minimum absolute atomic E-state index is 0.0523. The van der Waals surface area contributed by atoms with E-state index in [4.69, 9.17) is 77.0 Å². The second-order valence-electron chi connectivity index (χ2n) is 10.4. The van der Waals surface area contributed by atoms with Crippen LogP contribution in [0.5, 0.6) is 11.5 Å². The lowest BCUT2D eigenvalue weighted by molar-refractivity contribution is -0.256. The highest BCUT2D eigenvalue weighted by atomic mass is 79.9. The van der Waals surface area contributed by atoms with Gasteiger partial charge in [-0.2, -0.15) is 0 Å². The zero-order chi connectivity index (χ0) is 33.7. The van der Waals surface area contributed by atoms with Crippen molar-refractivity contribution in [3.8, 4) is 11.5 Å². The van der Waals surface area contributed by atoms with Crippen molar-refractivity contribution in [3.05, 3.63) is 56.5 Å². The number of ketones is 2. The van der Waals surface area contributed by atoms with Gasteiger partial charge in [-0.15, -0.1) is 11.6 Å². The maximum atomic E-state index is 14.8. The number of nitrogens with one attached hydrogen (secondary N) is 1. The maximum Gasteiger partial charge on any atom is 0.410 e. The summed E-state index contributed by atoms with van der Waals surface area (Å²) in [5.41, 5.74) is -3.56. The van der Waals surface area contributed by atoms with Crippen molar-refractivity contribution < 1.29 is 38.1 Å². The second-order valence-corrected chi connectivity index (χ2v) is 14.0. The fourth-order valence-electron chi connectivity index (χ4n) is 3.83. The maximum absolute atomic E-state index is 14.8. The molecule has 0 aliphatic carbocycles. The zero-order valence-corrected chi connectivity index (χ0v) is 30.9. The van der Waals surface area contributed by atoms with Crippen LogP contribution in [-0.4, -0.2) is 58.8 Å². The summed E-state index contributed by atoms with van der Waals surface area (Å²) >= 11 is 37.3. The second kappa shape index (κ2) is 15.4. The van der Waals surface area contributed by atoms with Crippen molar-refractivity contribution in [1.82, 2.24) is 5.32 Å². The Morgan fingerprint density at radius 1 is 0.864 bits per heavy atom. The van der Waals surface area contributed by atoms with Crippen molar-refractivity contribution in [1.29, 1.82) is 0 Å². The van der Waals surface area contributed by atoms with Crippen molar-refractivity contribution >= 4 is 113 Å². The molecule has 0 fully saturated rings. The Morgan fingerprint density at radius 3 is 1.80 bits per heavy atom. The Morgan fingerprint density at radius 2 is 1.36 bits per heavy atom. The number of Topliss-reactive ketones (excluding diaryl/α,β-unsaturated/α-hetero) is 2. The summed E-state index contributed by atoms with van der Waals surface area (Å²) in [6.07, 6.45) is -1.13. The van der Waals surface area contributed by atoms with Crippen LogP contribution in [-0.2, 0) is 23.9 Å². The first-order valence-electron chi connectivity index (χ1n) is 12.6. The van der Waals surface area contributed by atoms with Crippen LogP contribution in [0.3, 0.4) is 0 Å². The number of carbonyl (C=O) groups excluding carboxylic acids is 4. The third-order valence-corrected chi connectivity index (χ3v) is 9.24. The molecular formula is C28H28Br2Cl5NO8. The number of hydrogen-bond donors (Lipinski definition) is 1. The number of amides is 1. The molecule has 2 aromatic carbocycles. The Bertz CT molecular complexity index is 1430. The molecule has 2 rings (SSSR count). The van der Waals surface area contributed by atoms with Gasteiger partial charge in [0.05, 0.1) is 20.8 Å². The number of alkyl halides is 3. The minimum atomic E-state index is -2.74. The van der Waals surface area contributed by atoms with Gasteiger partial charge < -0.3 is 24.3 Å². The van der Waals surface area contributed by atoms with Gasteiger partial charge >= 0.3 is 17.8 Å². The molecule has 0 aliphatic heterocycles. The number of alkyl carbamates (subject to hydrolysis) is 1. The number of esters is 1. The summed E-state index contributed by atoms with van der Waals surface area (Å²) in [5.74, 6) is -5.81. The van der Waals surface area contributed by atoms with Crippen LogP contribution in [0.1, 0.15) is 27.7 Å². The Balaban J connectivity index is 3.10. The van der Waals surface area contributed by atoms with Crippen LogP contribution in [0.25, 0.3) is 0 Å². The molecule has 0 saturated heterocycles. The van der Waals surface area contributed by atoms with E-state index in [2.05, 4.69) is 37.2 Å². The number of benzene rings is 2. The van der Waals surface area contributed by atoms with Gasteiger partial charge in [-0.3, -0.25) is 14.4 Å². The molecule has 1 N–H and O–H groups in total. The average molecular weight is 844 g/mol. The first kappa shape index (κ1) is 38.7. The number of rotatable bonds is 14. The van der Waals surface area contributed by atoms with Gasteiger partial charge in [-0.1, -0.05) is 62.3 Å². The fraction of sp³-hybridized carbons (Fsp3) is 0.429. The van der Waals surface area contributed by atoms with Crippen LogP contribution >= 0.6 is 89.9 Å². The lowest BCUT2D eigenvalue weighted by Gasteiger charge is -2.52. The zero-order valence-electron chi connectivity index (χ0n) is 24.0. The van der Waals surface area contributed by atoms with E-state index in [1.165, 1.54) is 71.1 Å². The topological polar surface area (TPSA) is 117 Å². The normalized spacial score (nSPS) is 14.5. The molecule has 0 bridgehead atoms. The predicted molar refractivity (Wildman–Crippen MR) is 177 cm³/mol. The van der Waals surface area contributed by atoms with Gasteiger partial charge in [0.15, 0.2) is 5.78 Å². The molecule has 44 heavy (non-hydrogen) atoms. The molecule has 2 unspecified atom stereocenters. The highest BCUT2D eigenvalue weighted by Gasteiger charge is 2.74. The molecule has 0 heterocycles. The van der Waals surface area contributed by atoms with Crippen molar-refractivity contribution in [2.45, 2.75) is 38.0 Å². The molecule has 0 aromatic heterocycles. The average Bonchev–Trinajstić information content (AvgIpc) is 2.96. The molecule has 2 atom stereocenters. The molecule has 1 amide bonds. The van der Waals surface area contributed by atoms with E-state index in [9.17, 15) is 19.2 Å². The Hall–Kier alpha value is -1.47. The summed E-state index contributed by atoms with van der Waals surface area (Å²) in [5, 5.41) is 2.40. The molecule has 0 saturated carbocycles. The van der Waals surface area contributed by atoms with Gasteiger partial charge in [0, 0.05) is 17.1 Å². The van der Waals surface area contributed by atoms with Crippen molar-refractivity contribution in [2.75, 3.05) is 24.9 Å². The summed E-state index contributed by atoms with van der Waals surface area (Å²) in [6.45, 7) is 5.10. The molecule has 0 radical (unpaired) electrons. The van der Waals surface area contributed by atoms with Gasteiger partial charge in [0.2, 0.25) is 5.78 Å². The third-order valence-electron chi connectivity index (χ3n) is 6.41. The van der Waals surface area contributed by atoms with Gasteiger partial charge in [0.25, 0.3) is 4.51 Å². The fourth-order valence-corrected chi connectivity index (χ4v) is 6.87. The van der Waals surface area contributed by atoms with E-state index in [1.807, 2.05) is 0 Å². The van der Waals surface area contributed by atoms with Gasteiger partial charge in [-0.05, 0) is 80.0 Å².